The smallest absolute Gasteiger partial charge is 0.410 e. The minimum Gasteiger partial charge on any atom is -0.445 e. The van der Waals surface area contributed by atoms with Crippen molar-refractivity contribution in [3.8, 4) is 0 Å². The number of ether oxygens (including phenoxy) is 3. The second-order valence-corrected chi connectivity index (χ2v) is 25.8. The molecule has 9 N–H and O–H groups in total. The van der Waals surface area contributed by atoms with Crippen LogP contribution < -0.4 is 37.6 Å². The standard InChI is InChI=1S/C68H105N11O15/c1-15-43(8)59(51(92-13)38-55(83)78-37-23-27-50(78)61(93-14)44(9)62(85)71-45(10)60(84)47-24-18-16-19-25-47)76(11)66(89)57(41(4)5)75-65(88)58(42(6)7)77(12)68(91)94-39-46-29-31-48(32-30-46)72-63(86)49(26-22-35-70-67(69)90)73-64(87)56(40(2)3)74-52(80)28-20-17-21-36-79-53(81)33-34-54(79)82/h16,18-19,24-25,29-34,40-45,49-51,56-61,84H,15,17,20-23,26-28,35-39H2,1-14H3,(H,71,85)(H,72,86)(H,73,87)(H,74,80)(H,75,88)(H3,69,70,90)/t43-,44+,45+,49-,50-,51+,56-,57-,58?,59-,60-,61+/m0/s1. The predicted molar refractivity (Wildman–Crippen MR) is 353 cm³/mol. The van der Waals surface area contributed by atoms with Crippen LogP contribution in [0.25, 0.3) is 0 Å². The van der Waals surface area contributed by atoms with Gasteiger partial charge in [-0.1, -0.05) is 118 Å². The number of hydrogen-bond acceptors (Lipinski definition) is 15. The number of aliphatic hydroxyl groups is 1. The summed E-state index contributed by atoms with van der Waals surface area (Å²) in [5, 5.41) is 27.6. The number of likely N-dealkylation sites (N-methyl/N-ethyl adjacent to an activating group) is 2. The molecule has 1 saturated heterocycles. The Kier molecular flexibility index (Phi) is 32.1. The van der Waals surface area contributed by atoms with Gasteiger partial charge in [0.25, 0.3) is 11.8 Å². The maximum Gasteiger partial charge on any atom is 0.410 e. The van der Waals surface area contributed by atoms with Crippen LogP contribution in [0, 0.1) is 29.6 Å². The van der Waals surface area contributed by atoms with Crippen molar-refractivity contribution in [1.29, 1.82) is 0 Å². The Morgan fingerprint density at radius 2 is 1.35 bits per heavy atom. The van der Waals surface area contributed by atoms with Gasteiger partial charge in [0.15, 0.2) is 0 Å². The van der Waals surface area contributed by atoms with E-state index in [9.17, 15) is 57.8 Å². The van der Waals surface area contributed by atoms with E-state index in [0.29, 0.717) is 61.9 Å². The van der Waals surface area contributed by atoms with Gasteiger partial charge >= 0.3 is 12.1 Å². The number of benzene rings is 2. The molecule has 26 heteroatoms. The molecule has 12 amide bonds. The van der Waals surface area contributed by atoms with Gasteiger partial charge < -0.3 is 66.8 Å². The van der Waals surface area contributed by atoms with Crippen molar-refractivity contribution in [2.45, 2.75) is 201 Å². The zero-order valence-corrected chi connectivity index (χ0v) is 57.4. The molecule has 4 rings (SSSR count). The Hall–Kier alpha value is -7.97. The Bertz CT molecular complexity index is 2880. The number of methoxy groups -OCH3 is 2. The van der Waals surface area contributed by atoms with Crippen molar-refractivity contribution in [3.05, 3.63) is 77.9 Å². The van der Waals surface area contributed by atoms with Crippen LogP contribution in [0.1, 0.15) is 151 Å². The summed E-state index contributed by atoms with van der Waals surface area (Å²) in [7, 11) is 6.08. The number of carbonyl (C=O) groups excluding carboxylic acids is 11. The van der Waals surface area contributed by atoms with Gasteiger partial charge in [0.05, 0.1) is 48.8 Å². The normalized spacial score (nSPS) is 17.4. The quantitative estimate of drug-likeness (QED) is 0.0321. The number of carbonyl (C=O) groups is 11. The summed E-state index contributed by atoms with van der Waals surface area (Å²) in [6, 6.07) is 8.74. The van der Waals surface area contributed by atoms with Crippen molar-refractivity contribution in [2.75, 3.05) is 53.3 Å². The lowest BCUT2D eigenvalue weighted by Crippen LogP contribution is -2.60. The third kappa shape index (κ3) is 22.9. The number of nitrogens with zero attached hydrogens (tertiary/aromatic N) is 4. The average molecular weight is 1320 g/mol. The van der Waals surface area contributed by atoms with E-state index >= 15 is 0 Å². The predicted octanol–water partition coefficient (Wildman–Crippen LogP) is 5.08. The van der Waals surface area contributed by atoms with E-state index in [-0.39, 0.29) is 86.8 Å². The van der Waals surface area contributed by atoms with Crippen molar-refractivity contribution in [3.63, 3.8) is 0 Å². The van der Waals surface area contributed by atoms with Crippen molar-refractivity contribution in [2.24, 2.45) is 35.3 Å². The van der Waals surface area contributed by atoms with Gasteiger partial charge in [0.2, 0.25) is 41.4 Å². The molecular formula is C68H105N11O15. The Labute approximate surface area is 554 Å². The van der Waals surface area contributed by atoms with Crippen LogP contribution in [0.3, 0.4) is 0 Å². The fourth-order valence-corrected chi connectivity index (χ4v) is 12.1. The largest absolute Gasteiger partial charge is 0.445 e. The van der Waals surface area contributed by atoms with E-state index in [1.165, 1.54) is 38.3 Å². The molecule has 0 radical (unpaired) electrons. The average Bonchev–Trinajstić information content (AvgIpc) is 1.33. The zero-order valence-electron chi connectivity index (χ0n) is 57.4. The van der Waals surface area contributed by atoms with Crippen molar-refractivity contribution in [1.82, 2.24) is 46.2 Å². The molecule has 522 valence electrons. The molecular weight excluding hydrogens is 1210 g/mol. The second kappa shape index (κ2) is 38.4. The highest BCUT2D eigenvalue weighted by Gasteiger charge is 2.44. The fourth-order valence-electron chi connectivity index (χ4n) is 12.1. The molecule has 0 bridgehead atoms. The summed E-state index contributed by atoms with van der Waals surface area (Å²) >= 11 is 0. The molecule has 2 aromatic rings. The molecule has 0 aliphatic carbocycles. The Morgan fingerprint density at radius 1 is 0.713 bits per heavy atom. The molecule has 94 heavy (non-hydrogen) atoms. The zero-order chi connectivity index (χ0) is 70.1. The molecule has 2 heterocycles. The van der Waals surface area contributed by atoms with Crippen molar-refractivity contribution >= 4 is 71.0 Å². The molecule has 1 unspecified atom stereocenters. The van der Waals surface area contributed by atoms with Gasteiger partial charge in [-0.25, -0.2) is 9.59 Å². The highest BCUT2D eigenvalue weighted by atomic mass is 16.6. The molecule has 2 aromatic carbocycles. The third-order valence-corrected chi connectivity index (χ3v) is 17.7. The molecule has 0 spiro atoms. The third-order valence-electron chi connectivity index (χ3n) is 17.7. The number of primary amides is 1. The summed E-state index contributed by atoms with van der Waals surface area (Å²) in [6.07, 6.45) is 2.94. The van der Waals surface area contributed by atoms with E-state index in [4.69, 9.17) is 19.9 Å². The summed E-state index contributed by atoms with van der Waals surface area (Å²) in [4.78, 5) is 152. The van der Waals surface area contributed by atoms with Gasteiger partial charge in [-0.05, 0) is 92.4 Å². The van der Waals surface area contributed by atoms with Crippen LogP contribution >= 0.6 is 0 Å². The summed E-state index contributed by atoms with van der Waals surface area (Å²) < 4.78 is 17.7. The van der Waals surface area contributed by atoms with Gasteiger partial charge in [0, 0.05) is 72.2 Å². The minimum absolute atomic E-state index is 0.0841. The molecule has 2 aliphatic heterocycles. The lowest BCUT2D eigenvalue weighted by Gasteiger charge is -2.41. The Morgan fingerprint density at radius 3 is 1.93 bits per heavy atom. The van der Waals surface area contributed by atoms with Crippen LogP contribution in [0.2, 0.25) is 0 Å². The number of imide groups is 1. The van der Waals surface area contributed by atoms with E-state index in [2.05, 4.69) is 31.9 Å². The fraction of sp³-hybridized carbons (Fsp3) is 0.632. The number of nitrogens with two attached hydrogens (primary N) is 1. The first kappa shape index (κ1) is 78.5. The number of hydrogen-bond donors (Lipinski definition) is 8. The number of rotatable bonds is 38. The maximum atomic E-state index is 14.8. The second-order valence-electron chi connectivity index (χ2n) is 25.8. The van der Waals surface area contributed by atoms with Crippen LogP contribution in [-0.2, 0) is 64.0 Å². The first-order valence-corrected chi connectivity index (χ1v) is 32.9. The van der Waals surface area contributed by atoms with Gasteiger partial charge in [-0.2, -0.15) is 0 Å². The first-order valence-electron chi connectivity index (χ1n) is 32.9. The molecule has 26 nitrogen and oxygen atoms in total. The molecule has 12 atom stereocenters. The number of urea groups is 1. The van der Waals surface area contributed by atoms with Crippen molar-refractivity contribution < 1.29 is 72.1 Å². The Balaban J connectivity index is 1.37. The van der Waals surface area contributed by atoms with Gasteiger partial charge in [-0.3, -0.25) is 53.0 Å². The van der Waals surface area contributed by atoms with Gasteiger partial charge in [0.1, 0.15) is 30.8 Å². The summed E-state index contributed by atoms with van der Waals surface area (Å²) in [5.74, 6) is -6.02. The highest BCUT2D eigenvalue weighted by molar-refractivity contribution is 6.12. The number of nitrogens with one attached hydrogen (secondary N) is 6. The minimum atomic E-state index is -1.11. The van der Waals surface area contributed by atoms with E-state index in [1.807, 2.05) is 32.0 Å². The molecule has 1 fully saturated rings. The van der Waals surface area contributed by atoms with E-state index < -0.39 is 114 Å². The number of likely N-dealkylation sites (tertiary alicyclic amines) is 1. The highest BCUT2D eigenvalue weighted by Crippen LogP contribution is 2.31. The summed E-state index contributed by atoms with van der Waals surface area (Å²) in [5.41, 5.74) is 6.77. The van der Waals surface area contributed by atoms with E-state index in [0.717, 1.165) is 4.90 Å². The van der Waals surface area contributed by atoms with Crippen LogP contribution in [0.5, 0.6) is 0 Å². The lowest BCUT2D eigenvalue weighted by molar-refractivity contribution is -0.148. The lowest BCUT2D eigenvalue weighted by atomic mass is 9.89. The molecule has 0 saturated carbocycles. The maximum absolute atomic E-state index is 14.8. The monoisotopic (exact) mass is 1320 g/mol. The number of unbranched alkanes of at least 4 members (excludes halogenated alkanes) is 2. The van der Waals surface area contributed by atoms with Crippen LogP contribution in [-0.4, -0.2) is 192 Å². The topological polar surface area (TPSA) is 347 Å². The number of amides is 12. The molecule has 2 aliphatic rings. The molecule has 0 aromatic heterocycles. The van der Waals surface area contributed by atoms with E-state index in [1.54, 1.807) is 109 Å². The number of aliphatic hydroxyl groups excluding tert-OH is 1. The number of anilines is 1. The van der Waals surface area contributed by atoms with Gasteiger partial charge in [-0.15, -0.1) is 0 Å². The first-order chi connectivity index (χ1) is 44.5. The van der Waals surface area contributed by atoms with Crippen LogP contribution in [0.4, 0.5) is 15.3 Å². The van der Waals surface area contributed by atoms with Crippen LogP contribution in [0.15, 0.2) is 66.7 Å². The summed E-state index contributed by atoms with van der Waals surface area (Å²) in [6.45, 7) is 18.6. The SMILES string of the molecule is CC[C@H](C)[C@@H]([C@@H](CC(=O)N1CCC[C@H]1[C@H](OC)[C@@H](C)C(=O)N[C@H](C)[C@H](O)c1ccccc1)OC)N(C)C(=O)[C@@H](NC(=O)C(C(C)C)N(C)C(=O)OCc1ccc(NC(=O)[C@H](CCCNC(N)=O)NC(=O)[C@@H](NC(=O)CCCCCN2C(=O)C=CC2=O)C(C)C)cc1)C(C)C.